The van der Waals surface area contributed by atoms with Crippen molar-refractivity contribution in [3.8, 4) is 0 Å². The van der Waals surface area contributed by atoms with E-state index in [1.165, 1.54) is 18.3 Å². The van der Waals surface area contributed by atoms with Gasteiger partial charge in [0.15, 0.2) is 5.41 Å². The normalized spacial score (nSPS) is 14.3. The molecule has 0 amide bonds. The van der Waals surface area contributed by atoms with Crippen LogP contribution in [-0.4, -0.2) is 23.7 Å². The molecule has 4 nitrogen and oxygen atoms in total. The summed E-state index contributed by atoms with van der Waals surface area (Å²) in [6.45, 7) is 3.18. The van der Waals surface area contributed by atoms with Gasteiger partial charge in [0.2, 0.25) is 0 Å². The number of esters is 1. The molecule has 0 aliphatic rings. The van der Waals surface area contributed by atoms with E-state index in [1.54, 1.807) is 23.8 Å². The van der Waals surface area contributed by atoms with Crippen molar-refractivity contribution < 1.29 is 19.4 Å². The van der Waals surface area contributed by atoms with Gasteiger partial charge in [-0.2, -0.15) is 11.3 Å². The summed E-state index contributed by atoms with van der Waals surface area (Å²) < 4.78 is 4.78. The molecule has 82 valence electrons. The molecule has 0 aliphatic heterocycles. The van der Waals surface area contributed by atoms with Gasteiger partial charge in [0.25, 0.3) is 0 Å². The van der Waals surface area contributed by atoms with E-state index in [9.17, 15) is 9.59 Å². The summed E-state index contributed by atoms with van der Waals surface area (Å²) in [6.07, 6.45) is 0. The Morgan fingerprint density at radius 2 is 2.27 bits per heavy atom. The number of hydrogen-bond donors (Lipinski definition) is 1. The van der Waals surface area contributed by atoms with Gasteiger partial charge in [-0.25, -0.2) is 0 Å². The van der Waals surface area contributed by atoms with Crippen LogP contribution in [0.4, 0.5) is 0 Å². The number of carboxylic acid groups (broad SMARTS) is 1. The minimum absolute atomic E-state index is 0.172. The maximum Gasteiger partial charge on any atom is 0.327 e. The van der Waals surface area contributed by atoms with Crippen molar-refractivity contribution >= 4 is 23.3 Å². The van der Waals surface area contributed by atoms with Gasteiger partial charge in [-0.1, -0.05) is 0 Å². The van der Waals surface area contributed by atoms with Gasteiger partial charge in [-0.15, -0.1) is 0 Å². The fourth-order valence-electron chi connectivity index (χ4n) is 1.15. The molecule has 1 N–H and O–H groups in total. The predicted molar refractivity (Wildman–Crippen MR) is 55.9 cm³/mol. The lowest BCUT2D eigenvalue weighted by molar-refractivity contribution is -0.160. The Morgan fingerprint density at radius 1 is 1.60 bits per heavy atom. The van der Waals surface area contributed by atoms with Crippen LogP contribution in [0.25, 0.3) is 0 Å². The van der Waals surface area contributed by atoms with Crippen LogP contribution in [0.15, 0.2) is 16.8 Å². The second-order valence-corrected chi connectivity index (χ2v) is 3.94. The van der Waals surface area contributed by atoms with Gasteiger partial charge in [0, 0.05) is 0 Å². The van der Waals surface area contributed by atoms with Crippen molar-refractivity contribution in [2.75, 3.05) is 6.61 Å². The van der Waals surface area contributed by atoms with Crippen molar-refractivity contribution in [2.24, 2.45) is 0 Å². The molecule has 15 heavy (non-hydrogen) atoms. The number of carbonyl (C=O) groups excluding carboxylic acids is 1. The first-order chi connectivity index (χ1) is 7.03. The first-order valence-corrected chi connectivity index (χ1v) is 5.41. The van der Waals surface area contributed by atoms with Crippen LogP contribution in [0.1, 0.15) is 19.4 Å². The number of carbonyl (C=O) groups is 2. The Hall–Kier alpha value is -1.36. The van der Waals surface area contributed by atoms with Crippen molar-refractivity contribution in [2.45, 2.75) is 19.3 Å². The van der Waals surface area contributed by atoms with E-state index in [4.69, 9.17) is 9.84 Å². The van der Waals surface area contributed by atoms with Gasteiger partial charge >= 0.3 is 11.9 Å². The number of rotatable bonds is 4. The Morgan fingerprint density at radius 3 is 2.67 bits per heavy atom. The fraction of sp³-hybridized carbons (Fsp3) is 0.400. The minimum atomic E-state index is -1.60. The van der Waals surface area contributed by atoms with E-state index < -0.39 is 17.4 Å². The summed E-state index contributed by atoms with van der Waals surface area (Å²) in [5.74, 6) is -1.92. The first kappa shape index (κ1) is 11.7. The maximum absolute atomic E-state index is 11.6. The van der Waals surface area contributed by atoms with Gasteiger partial charge < -0.3 is 9.84 Å². The molecule has 1 rings (SSSR count). The molecule has 0 aliphatic carbocycles. The zero-order valence-corrected chi connectivity index (χ0v) is 9.34. The monoisotopic (exact) mass is 228 g/mol. The van der Waals surface area contributed by atoms with Gasteiger partial charge in [-0.05, 0) is 36.2 Å². The number of aliphatic carboxylic acids is 1. The Bertz CT molecular complexity index is 358. The molecule has 0 saturated heterocycles. The summed E-state index contributed by atoms with van der Waals surface area (Å²) in [4.78, 5) is 22.7. The molecule has 1 atom stereocenters. The van der Waals surface area contributed by atoms with Crippen molar-refractivity contribution in [1.29, 1.82) is 0 Å². The average Bonchev–Trinajstić information content (AvgIpc) is 2.69. The maximum atomic E-state index is 11.6. The Balaban J connectivity index is 3.10. The summed E-state index contributed by atoms with van der Waals surface area (Å²) in [5.41, 5.74) is -1.14. The van der Waals surface area contributed by atoms with Gasteiger partial charge in [0.05, 0.1) is 6.61 Å². The van der Waals surface area contributed by atoms with Crippen molar-refractivity contribution in [3.05, 3.63) is 22.4 Å². The van der Waals surface area contributed by atoms with Gasteiger partial charge in [-0.3, -0.25) is 9.59 Å². The molecule has 5 heteroatoms. The highest BCUT2D eigenvalue weighted by molar-refractivity contribution is 7.08. The molecule has 1 aromatic heterocycles. The third kappa shape index (κ3) is 2.02. The molecule has 1 heterocycles. The van der Waals surface area contributed by atoms with E-state index in [-0.39, 0.29) is 6.61 Å². The molecule has 1 unspecified atom stereocenters. The number of hydrogen-bond acceptors (Lipinski definition) is 4. The van der Waals surface area contributed by atoms with Crippen LogP contribution in [-0.2, 0) is 19.7 Å². The quantitative estimate of drug-likeness (QED) is 0.628. The van der Waals surface area contributed by atoms with Gasteiger partial charge in [0.1, 0.15) is 0 Å². The average molecular weight is 228 g/mol. The van der Waals surface area contributed by atoms with E-state index in [0.29, 0.717) is 5.56 Å². The molecule has 1 aromatic rings. The molecule has 0 bridgehead atoms. The number of thiophene rings is 1. The summed E-state index contributed by atoms with van der Waals surface area (Å²) in [7, 11) is 0. The van der Waals surface area contributed by atoms with E-state index in [1.807, 2.05) is 0 Å². The summed E-state index contributed by atoms with van der Waals surface area (Å²) >= 11 is 1.35. The van der Waals surface area contributed by atoms with E-state index >= 15 is 0 Å². The lowest BCUT2D eigenvalue weighted by atomic mass is 9.84. The van der Waals surface area contributed by atoms with Crippen LogP contribution in [0, 0.1) is 0 Å². The SMILES string of the molecule is CCOC(=O)C(C)(C(=O)O)c1ccsc1. The highest BCUT2D eigenvalue weighted by atomic mass is 32.1. The third-order valence-electron chi connectivity index (χ3n) is 2.21. The second kappa shape index (κ2) is 4.44. The highest BCUT2D eigenvalue weighted by Gasteiger charge is 2.45. The Labute approximate surface area is 91.5 Å². The Kier molecular flexibility index (Phi) is 3.47. The van der Waals surface area contributed by atoms with Crippen molar-refractivity contribution in [3.63, 3.8) is 0 Å². The topological polar surface area (TPSA) is 63.6 Å². The fourth-order valence-corrected chi connectivity index (χ4v) is 1.92. The minimum Gasteiger partial charge on any atom is -0.480 e. The standard InChI is InChI=1S/C10H12O4S/c1-3-14-9(13)10(2,8(11)12)7-4-5-15-6-7/h4-6H,3H2,1-2H3,(H,11,12). The van der Waals surface area contributed by atoms with Crippen LogP contribution >= 0.6 is 11.3 Å². The molecule has 0 radical (unpaired) electrons. The third-order valence-corrected chi connectivity index (χ3v) is 2.89. The smallest absolute Gasteiger partial charge is 0.327 e. The first-order valence-electron chi connectivity index (χ1n) is 4.46. The molecule has 0 fully saturated rings. The van der Waals surface area contributed by atoms with Crippen LogP contribution in [0.2, 0.25) is 0 Å². The zero-order chi connectivity index (χ0) is 11.5. The lowest BCUT2D eigenvalue weighted by Crippen LogP contribution is -2.41. The molecule has 0 saturated carbocycles. The second-order valence-electron chi connectivity index (χ2n) is 3.16. The van der Waals surface area contributed by atoms with Crippen molar-refractivity contribution in [1.82, 2.24) is 0 Å². The molecule has 0 aromatic carbocycles. The molecule has 0 spiro atoms. The van der Waals surface area contributed by atoms with E-state index in [2.05, 4.69) is 0 Å². The molecular weight excluding hydrogens is 216 g/mol. The van der Waals surface area contributed by atoms with E-state index in [0.717, 1.165) is 0 Å². The lowest BCUT2D eigenvalue weighted by Gasteiger charge is -2.21. The van der Waals surface area contributed by atoms with Crippen LogP contribution < -0.4 is 0 Å². The zero-order valence-electron chi connectivity index (χ0n) is 8.52. The highest BCUT2D eigenvalue weighted by Crippen LogP contribution is 2.27. The predicted octanol–water partition coefficient (Wildman–Crippen LogP) is 1.65. The van der Waals surface area contributed by atoms with Crippen LogP contribution in [0.3, 0.4) is 0 Å². The summed E-state index contributed by atoms with van der Waals surface area (Å²) in [6, 6.07) is 1.62. The number of carboxylic acids is 1. The molecular formula is C10H12O4S. The largest absolute Gasteiger partial charge is 0.480 e. The number of ether oxygens (including phenoxy) is 1. The summed E-state index contributed by atoms with van der Waals surface area (Å²) in [5, 5.41) is 12.5. The van der Waals surface area contributed by atoms with Crippen LogP contribution in [0.5, 0.6) is 0 Å².